The Balaban J connectivity index is 1.79. The van der Waals surface area contributed by atoms with Crippen molar-refractivity contribution in [1.29, 1.82) is 0 Å². The van der Waals surface area contributed by atoms with Gasteiger partial charge in [-0.1, -0.05) is 6.07 Å². The van der Waals surface area contributed by atoms with E-state index in [0.717, 1.165) is 24.6 Å². The van der Waals surface area contributed by atoms with E-state index in [9.17, 15) is 0 Å². The lowest BCUT2D eigenvalue weighted by Gasteiger charge is -2.21. The summed E-state index contributed by atoms with van der Waals surface area (Å²) in [5.74, 6) is 1.73. The van der Waals surface area contributed by atoms with E-state index >= 15 is 0 Å². The molecule has 0 radical (unpaired) electrons. The molecule has 0 saturated carbocycles. The van der Waals surface area contributed by atoms with Crippen molar-refractivity contribution in [2.24, 2.45) is 0 Å². The van der Waals surface area contributed by atoms with Crippen LogP contribution >= 0.6 is 0 Å². The Bertz CT molecular complexity index is 421. The van der Waals surface area contributed by atoms with Gasteiger partial charge in [0.1, 0.15) is 13.2 Å². The van der Waals surface area contributed by atoms with Gasteiger partial charge in [-0.05, 0) is 64.6 Å². The van der Waals surface area contributed by atoms with E-state index in [4.69, 9.17) is 9.47 Å². The molecular formula is C16H26N2O2. The standard InChI is InChI=1S/C16H26N2O2/c1-13(17-8-4-5-9-18(2)3)14-6-7-15-16(12-14)20-11-10-19-15/h6-7,12-13,17H,4-5,8-11H2,1-3H3. The van der Waals surface area contributed by atoms with Gasteiger partial charge in [0.15, 0.2) is 11.5 Å². The molecule has 0 fully saturated rings. The van der Waals surface area contributed by atoms with Crippen LogP contribution in [0.4, 0.5) is 0 Å². The molecule has 0 saturated heterocycles. The van der Waals surface area contributed by atoms with Gasteiger partial charge >= 0.3 is 0 Å². The van der Waals surface area contributed by atoms with Crippen molar-refractivity contribution < 1.29 is 9.47 Å². The molecule has 1 aromatic rings. The fourth-order valence-corrected chi connectivity index (χ4v) is 2.32. The summed E-state index contributed by atoms with van der Waals surface area (Å²) in [5.41, 5.74) is 1.25. The van der Waals surface area contributed by atoms with Crippen molar-refractivity contribution in [3.8, 4) is 11.5 Å². The first kappa shape index (κ1) is 15.1. The van der Waals surface area contributed by atoms with E-state index in [1.54, 1.807) is 0 Å². The average Bonchev–Trinajstić information content (AvgIpc) is 2.46. The van der Waals surface area contributed by atoms with Crippen molar-refractivity contribution in [2.45, 2.75) is 25.8 Å². The minimum atomic E-state index is 0.338. The largest absolute Gasteiger partial charge is 0.486 e. The third-order valence-electron chi connectivity index (χ3n) is 3.55. The van der Waals surface area contributed by atoms with E-state index in [1.165, 1.54) is 18.4 Å². The molecule has 1 heterocycles. The molecule has 1 N–H and O–H groups in total. The molecule has 1 unspecified atom stereocenters. The minimum absolute atomic E-state index is 0.338. The molecule has 4 nitrogen and oxygen atoms in total. The predicted molar refractivity (Wildman–Crippen MR) is 81.6 cm³/mol. The van der Waals surface area contributed by atoms with Crippen LogP contribution in [0.5, 0.6) is 11.5 Å². The maximum absolute atomic E-state index is 5.63. The maximum Gasteiger partial charge on any atom is 0.161 e. The van der Waals surface area contributed by atoms with Gasteiger partial charge in [-0.25, -0.2) is 0 Å². The molecule has 112 valence electrons. The Kier molecular flexibility index (Phi) is 5.68. The molecule has 1 aliphatic heterocycles. The van der Waals surface area contributed by atoms with Crippen LogP contribution in [0.15, 0.2) is 18.2 Å². The van der Waals surface area contributed by atoms with Crippen LogP contribution in [0.25, 0.3) is 0 Å². The van der Waals surface area contributed by atoms with E-state index in [-0.39, 0.29) is 0 Å². The average molecular weight is 278 g/mol. The second-order valence-electron chi connectivity index (χ2n) is 5.59. The Morgan fingerprint density at radius 3 is 2.65 bits per heavy atom. The normalized spacial score (nSPS) is 15.4. The lowest BCUT2D eigenvalue weighted by Crippen LogP contribution is -2.22. The molecule has 0 aromatic heterocycles. The number of rotatable bonds is 7. The van der Waals surface area contributed by atoms with Crippen LogP contribution in [0.3, 0.4) is 0 Å². The van der Waals surface area contributed by atoms with Gasteiger partial charge in [-0.2, -0.15) is 0 Å². The zero-order chi connectivity index (χ0) is 14.4. The number of unbranched alkanes of at least 4 members (excludes halogenated alkanes) is 1. The molecular weight excluding hydrogens is 252 g/mol. The van der Waals surface area contributed by atoms with Crippen molar-refractivity contribution in [2.75, 3.05) is 40.4 Å². The van der Waals surface area contributed by atoms with Crippen LogP contribution in [0.1, 0.15) is 31.4 Å². The highest BCUT2D eigenvalue weighted by atomic mass is 16.6. The van der Waals surface area contributed by atoms with Gasteiger partial charge in [0.2, 0.25) is 0 Å². The number of hydrogen-bond donors (Lipinski definition) is 1. The maximum atomic E-state index is 5.63. The summed E-state index contributed by atoms with van der Waals surface area (Å²) in [4.78, 5) is 2.23. The molecule has 20 heavy (non-hydrogen) atoms. The second kappa shape index (κ2) is 7.50. The van der Waals surface area contributed by atoms with Crippen LogP contribution in [0, 0.1) is 0 Å². The summed E-state index contributed by atoms with van der Waals surface area (Å²) < 4.78 is 11.2. The Hall–Kier alpha value is -1.26. The van der Waals surface area contributed by atoms with Crippen molar-refractivity contribution >= 4 is 0 Å². The summed E-state index contributed by atoms with van der Waals surface area (Å²) >= 11 is 0. The molecule has 4 heteroatoms. The summed E-state index contributed by atoms with van der Waals surface area (Å²) in [6.45, 7) is 5.68. The third kappa shape index (κ3) is 4.39. The molecule has 0 bridgehead atoms. The van der Waals surface area contributed by atoms with Gasteiger partial charge in [-0.15, -0.1) is 0 Å². The minimum Gasteiger partial charge on any atom is -0.486 e. The predicted octanol–water partition coefficient (Wildman–Crippen LogP) is 2.45. The fourth-order valence-electron chi connectivity index (χ4n) is 2.32. The molecule has 1 aliphatic rings. The Labute approximate surface area is 122 Å². The van der Waals surface area contributed by atoms with E-state index in [0.29, 0.717) is 19.3 Å². The van der Waals surface area contributed by atoms with Crippen LogP contribution < -0.4 is 14.8 Å². The van der Waals surface area contributed by atoms with E-state index in [2.05, 4.69) is 43.4 Å². The van der Waals surface area contributed by atoms with Gasteiger partial charge in [0.25, 0.3) is 0 Å². The Morgan fingerprint density at radius 2 is 1.90 bits per heavy atom. The Morgan fingerprint density at radius 1 is 1.15 bits per heavy atom. The zero-order valence-electron chi connectivity index (χ0n) is 12.8. The van der Waals surface area contributed by atoms with E-state index in [1.807, 2.05) is 6.07 Å². The number of hydrogen-bond acceptors (Lipinski definition) is 4. The summed E-state index contributed by atoms with van der Waals surface area (Å²) in [6, 6.07) is 6.55. The first-order chi connectivity index (χ1) is 9.66. The molecule has 1 atom stereocenters. The lowest BCUT2D eigenvalue weighted by molar-refractivity contribution is 0.171. The number of fused-ring (bicyclic) bond motifs is 1. The molecule has 0 spiro atoms. The van der Waals surface area contributed by atoms with Crippen molar-refractivity contribution in [3.63, 3.8) is 0 Å². The van der Waals surface area contributed by atoms with Crippen LogP contribution in [0.2, 0.25) is 0 Å². The number of benzene rings is 1. The number of nitrogens with one attached hydrogen (secondary N) is 1. The van der Waals surface area contributed by atoms with Crippen molar-refractivity contribution in [1.82, 2.24) is 10.2 Å². The second-order valence-corrected chi connectivity index (χ2v) is 5.59. The van der Waals surface area contributed by atoms with Crippen LogP contribution in [-0.2, 0) is 0 Å². The van der Waals surface area contributed by atoms with Crippen molar-refractivity contribution in [3.05, 3.63) is 23.8 Å². The summed E-state index contributed by atoms with van der Waals surface area (Å²) in [6.07, 6.45) is 2.43. The first-order valence-corrected chi connectivity index (χ1v) is 7.44. The number of ether oxygens (including phenoxy) is 2. The first-order valence-electron chi connectivity index (χ1n) is 7.44. The smallest absolute Gasteiger partial charge is 0.161 e. The molecule has 2 rings (SSSR count). The lowest BCUT2D eigenvalue weighted by atomic mass is 10.1. The van der Waals surface area contributed by atoms with Gasteiger partial charge in [0, 0.05) is 6.04 Å². The highest BCUT2D eigenvalue weighted by Gasteiger charge is 2.14. The van der Waals surface area contributed by atoms with Gasteiger partial charge < -0.3 is 19.7 Å². The van der Waals surface area contributed by atoms with Gasteiger partial charge in [-0.3, -0.25) is 0 Å². The molecule has 0 amide bonds. The zero-order valence-corrected chi connectivity index (χ0v) is 12.8. The van der Waals surface area contributed by atoms with Gasteiger partial charge in [0.05, 0.1) is 0 Å². The summed E-state index contributed by atoms with van der Waals surface area (Å²) in [5, 5.41) is 3.56. The van der Waals surface area contributed by atoms with Crippen LogP contribution in [-0.4, -0.2) is 45.3 Å². The third-order valence-corrected chi connectivity index (χ3v) is 3.55. The topological polar surface area (TPSA) is 33.7 Å². The number of nitrogens with zero attached hydrogens (tertiary/aromatic N) is 1. The summed E-state index contributed by atoms with van der Waals surface area (Å²) in [7, 11) is 4.23. The molecule has 1 aromatic carbocycles. The highest BCUT2D eigenvalue weighted by Crippen LogP contribution is 2.32. The quantitative estimate of drug-likeness (QED) is 0.777. The highest BCUT2D eigenvalue weighted by molar-refractivity contribution is 5.44. The fraction of sp³-hybridized carbons (Fsp3) is 0.625. The monoisotopic (exact) mass is 278 g/mol. The molecule has 0 aliphatic carbocycles. The SMILES string of the molecule is CC(NCCCCN(C)C)c1ccc2c(c1)OCCO2. The van der Waals surface area contributed by atoms with E-state index < -0.39 is 0 Å².